The number of hydrogen-bond donors (Lipinski definition) is 0. The minimum absolute atomic E-state index is 0.228. The van der Waals surface area contributed by atoms with E-state index >= 15 is 0 Å². The summed E-state index contributed by atoms with van der Waals surface area (Å²) in [7, 11) is 0. The fourth-order valence-corrected chi connectivity index (χ4v) is 44.8. The van der Waals surface area contributed by atoms with E-state index in [-0.39, 0.29) is 5.49 Å². The van der Waals surface area contributed by atoms with E-state index < -0.39 is 20.1 Å². The average molecular weight is 591 g/mol. The van der Waals surface area contributed by atoms with Crippen LogP contribution in [0, 0.1) is 27.7 Å². The van der Waals surface area contributed by atoms with Crippen molar-refractivity contribution >= 4 is 17.6 Å². The van der Waals surface area contributed by atoms with Crippen LogP contribution in [0.15, 0.2) is 35.4 Å². The number of aryl methyl sites for hydroxylation is 4. The first-order chi connectivity index (χ1) is 14.9. The van der Waals surface area contributed by atoms with Crippen LogP contribution in [0.3, 0.4) is 0 Å². The zero-order valence-corrected chi connectivity index (χ0v) is 24.7. The van der Waals surface area contributed by atoms with E-state index in [0.717, 1.165) is 7.35 Å². The van der Waals surface area contributed by atoms with Crippen LogP contribution in [0.5, 0.6) is 0 Å². The topological polar surface area (TPSA) is 0 Å². The third-order valence-electron chi connectivity index (χ3n) is 8.17. The van der Waals surface area contributed by atoms with Gasteiger partial charge in [-0.25, -0.2) is 0 Å². The van der Waals surface area contributed by atoms with Gasteiger partial charge in [0.15, 0.2) is 0 Å². The van der Waals surface area contributed by atoms with Crippen LogP contribution in [-0.4, -0.2) is 5.49 Å². The van der Waals surface area contributed by atoms with Crippen molar-refractivity contribution in [3.05, 3.63) is 79.9 Å². The minimum atomic E-state index is -2.16. The second-order valence-electron chi connectivity index (χ2n) is 10.3. The Morgan fingerprint density at radius 1 is 0.613 bits per heavy atom. The molecule has 2 unspecified atom stereocenters. The Hall–Kier alpha value is -0.993. The van der Waals surface area contributed by atoms with Gasteiger partial charge in [0.05, 0.1) is 0 Å². The molecular weight excluding hydrogens is 555 g/mol. The third-order valence-corrected chi connectivity index (χ3v) is 39.6. The maximum atomic E-state index is 2.59. The van der Waals surface area contributed by atoms with Crippen LogP contribution in [0.1, 0.15) is 85.0 Å². The normalized spacial score (nSPS) is 22.2. The summed E-state index contributed by atoms with van der Waals surface area (Å²) in [5.74, 6) is 0. The van der Waals surface area contributed by atoms with Crippen molar-refractivity contribution in [2.45, 2.75) is 80.2 Å². The van der Waals surface area contributed by atoms with Gasteiger partial charge in [0.1, 0.15) is 0 Å². The predicted molar refractivity (Wildman–Crippen MR) is 134 cm³/mol. The molecule has 31 heavy (non-hydrogen) atoms. The Bertz CT molecular complexity index is 1090. The van der Waals surface area contributed by atoms with Crippen LogP contribution in [0.25, 0.3) is 12.2 Å². The molecule has 0 amide bonds. The molecule has 2 aromatic carbocycles. The first kappa shape index (κ1) is 21.8. The van der Waals surface area contributed by atoms with Gasteiger partial charge in [-0.3, -0.25) is 0 Å². The van der Waals surface area contributed by atoms with Crippen molar-refractivity contribution in [3.63, 3.8) is 0 Å². The molecule has 5 rings (SSSR count). The Morgan fingerprint density at radius 3 is 1.48 bits per heavy atom. The Labute approximate surface area is 196 Å². The number of benzene rings is 2. The summed E-state index contributed by atoms with van der Waals surface area (Å²) in [5, 5.41) is 0. The molecule has 2 aromatic rings. The van der Waals surface area contributed by atoms with Crippen molar-refractivity contribution in [1.29, 1.82) is 0 Å². The predicted octanol–water partition coefficient (Wildman–Crippen LogP) is 8.33. The third kappa shape index (κ3) is 3.57. The molecule has 1 fully saturated rings. The van der Waals surface area contributed by atoms with Crippen molar-refractivity contribution in [2.75, 3.05) is 0 Å². The van der Waals surface area contributed by atoms with E-state index in [1.54, 1.807) is 56.6 Å². The summed E-state index contributed by atoms with van der Waals surface area (Å²) in [5.41, 5.74) is 16.0. The molecule has 160 valence electrons. The monoisotopic (exact) mass is 592 g/mol. The zero-order valence-electron chi connectivity index (χ0n) is 20.2. The average Bonchev–Trinajstić information content (AvgIpc) is 3.29. The summed E-state index contributed by atoms with van der Waals surface area (Å²) < 4.78 is 1.62. The maximum absolute atomic E-state index is 2.59. The van der Waals surface area contributed by atoms with Crippen LogP contribution in [0.2, 0.25) is 12.1 Å². The molecule has 0 N–H and O–H groups in total. The van der Waals surface area contributed by atoms with Gasteiger partial charge in [-0.05, 0) is 0 Å². The van der Waals surface area contributed by atoms with Crippen LogP contribution < -0.4 is 0 Å². The fraction of sp³-hybridized carbons (Fsp3) is 0.448. The SMILES string of the molecule is CC1=Cc2c(C)ccc(C)c2[CH]1[Hf]([CH]1C(C)=Cc2c(C)ccc(C)c21)=[Si]1CCCCC1. The molecule has 0 radical (unpaired) electrons. The van der Waals surface area contributed by atoms with Gasteiger partial charge in [0.2, 0.25) is 0 Å². The van der Waals surface area contributed by atoms with Crippen molar-refractivity contribution in [2.24, 2.45) is 0 Å². The molecule has 0 aromatic heterocycles. The molecular formula is C29H36HfSi. The van der Waals surface area contributed by atoms with Gasteiger partial charge < -0.3 is 0 Å². The molecule has 2 atom stereocenters. The zero-order chi connectivity index (χ0) is 21.9. The molecule has 0 bridgehead atoms. The Balaban J connectivity index is 1.78. The van der Waals surface area contributed by atoms with Crippen molar-refractivity contribution in [1.82, 2.24) is 0 Å². The van der Waals surface area contributed by atoms with E-state index in [4.69, 9.17) is 0 Å². The Kier molecular flexibility index (Phi) is 5.92. The number of hydrogen-bond acceptors (Lipinski definition) is 0. The number of rotatable bonds is 2. The molecule has 2 heteroatoms. The van der Waals surface area contributed by atoms with Crippen LogP contribution >= 0.6 is 0 Å². The number of fused-ring (bicyclic) bond motifs is 2. The van der Waals surface area contributed by atoms with E-state index in [2.05, 4.69) is 78.0 Å². The van der Waals surface area contributed by atoms with Gasteiger partial charge in [-0.2, -0.15) is 0 Å². The molecule has 1 saturated heterocycles. The van der Waals surface area contributed by atoms with Gasteiger partial charge in [0, 0.05) is 0 Å². The van der Waals surface area contributed by atoms with Gasteiger partial charge in [0.25, 0.3) is 0 Å². The molecule has 1 aliphatic heterocycles. The summed E-state index contributed by atoms with van der Waals surface area (Å²) >= 11 is -2.16. The quantitative estimate of drug-likeness (QED) is 0.308. The second-order valence-corrected chi connectivity index (χ2v) is 32.3. The fourth-order valence-electron chi connectivity index (χ4n) is 6.58. The second kappa shape index (κ2) is 8.41. The van der Waals surface area contributed by atoms with Crippen LogP contribution in [0.4, 0.5) is 0 Å². The van der Waals surface area contributed by atoms with E-state index in [9.17, 15) is 0 Å². The molecule has 0 saturated carbocycles. The molecule has 3 aliphatic rings. The van der Waals surface area contributed by atoms with Crippen LogP contribution in [-0.2, 0) is 20.1 Å². The first-order valence-electron chi connectivity index (χ1n) is 12.2. The van der Waals surface area contributed by atoms with Gasteiger partial charge in [-0.15, -0.1) is 0 Å². The summed E-state index contributed by atoms with van der Waals surface area (Å²) in [4.78, 5) is 0. The summed E-state index contributed by atoms with van der Waals surface area (Å²) in [6, 6.07) is 12.7. The first-order valence-corrected chi connectivity index (χ1v) is 23.6. The van der Waals surface area contributed by atoms with Gasteiger partial charge in [-0.1, -0.05) is 0 Å². The molecule has 2 aliphatic carbocycles. The Morgan fingerprint density at radius 2 is 1.03 bits per heavy atom. The van der Waals surface area contributed by atoms with E-state index in [1.807, 2.05) is 0 Å². The van der Waals surface area contributed by atoms with E-state index in [1.165, 1.54) is 30.4 Å². The molecule has 1 heterocycles. The molecule has 0 nitrogen and oxygen atoms in total. The van der Waals surface area contributed by atoms with E-state index in [0.29, 0.717) is 0 Å². The van der Waals surface area contributed by atoms with Gasteiger partial charge >= 0.3 is 198 Å². The van der Waals surface area contributed by atoms with Crippen molar-refractivity contribution < 1.29 is 20.1 Å². The summed E-state index contributed by atoms with van der Waals surface area (Å²) in [6.45, 7) is 14.4. The summed E-state index contributed by atoms with van der Waals surface area (Å²) in [6.07, 6.45) is 9.68. The number of allylic oxidation sites excluding steroid dienone is 2. The van der Waals surface area contributed by atoms with Crippen molar-refractivity contribution in [3.8, 4) is 0 Å². The standard InChI is InChI=1S/2C12H13.C5H10Si.Hf/c2*1-8-6-11-9(2)4-5-10(3)12(11)7-8;1-2-4-6-5-3-1;/h2*4-7H,1-3H3;1-5H2;. The molecule has 0 spiro atoms.